The molecule has 0 saturated carbocycles. The van der Waals surface area contributed by atoms with E-state index in [0.29, 0.717) is 16.3 Å². The van der Waals surface area contributed by atoms with E-state index in [0.717, 1.165) is 37.4 Å². The largest absolute Gasteiger partial charge is 0.490 e. The Bertz CT molecular complexity index is 733. The molecule has 5 heteroatoms. The number of piperidine rings is 1. The first-order valence-electron chi connectivity index (χ1n) is 7.62. The summed E-state index contributed by atoms with van der Waals surface area (Å²) in [5.74, 6) is 0.757. The normalized spacial score (nSPS) is 15.2. The number of anilines is 2. The summed E-state index contributed by atoms with van der Waals surface area (Å²) in [6.45, 7) is 1.76. The maximum atomic E-state index is 8.94. The van der Waals surface area contributed by atoms with Crippen LogP contribution in [0.3, 0.4) is 0 Å². The highest BCUT2D eigenvalue weighted by Gasteiger charge is 2.22. The molecular weight excluding hydrogens is 310 g/mol. The van der Waals surface area contributed by atoms with Crippen LogP contribution in [0.25, 0.3) is 0 Å². The van der Waals surface area contributed by atoms with Crippen molar-refractivity contribution in [3.05, 3.63) is 53.1 Å². The fraction of sp³-hybridized carbons (Fsp3) is 0.278. The van der Waals surface area contributed by atoms with Crippen LogP contribution in [-0.2, 0) is 0 Å². The first-order chi connectivity index (χ1) is 11.2. The van der Waals surface area contributed by atoms with Gasteiger partial charge in [-0.1, -0.05) is 17.7 Å². The van der Waals surface area contributed by atoms with Gasteiger partial charge in [-0.2, -0.15) is 5.26 Å². The van der Waals surface area contributed by atoms with Gasteiger partial charge in [0.15, 0.2) is 0 Å². The van der Waals surface area contributed by atoms with Gasteiger partial charge in [-0.15, -0.1) is 0 Å². The summed E-state index contributed by atoms with van der Waals surface area (Å²) in [4.78, 5) is 2.26. The summed E-state index contributed by atoms with van der Waals surface area (Å²) in [5.41, 5.74) is 8.06. The molecule has 1 aliphatic heterocycles. The highest BCUT2D eigenvalue weighted by atomic mass is 35.5. The Morgan fingerprint density at radius 1 is 1.17 bits per heavy atom. The number of rotatable bonds is 3. The van der Waals surface area contributed by atoms with Crippen LogP contribution >= 0.6 is 11.6 Å². The molecule has 0 atom stereocenters. The standard InChI is InChI=1S/C18H18ClN3O/c19-17-11-14(21)4-5-18(17)22-8-6-15(7-9-22)23-16-3-1-2-13(10-16)12-20/h1-5,10-11,15H,6-9,21H2. The van der Waals surface area contributed by atoms with Gasteiger partial charge in [-0.05, 0) is 36.4 Å². The number of benzene rings is 2. The van der Waals surface area contributed by atoms with Gasteiger partial charge in [0.1, 0.15) is 11.9 Å². The van der Waals surface area contributed by atoms with Crippen molar-refractivity contribution in [1.29, 1.82) is 5.26 Å². The maximum Gasteiger partial charge on any atom is 0.121 e. The van der Waals surface area contributed by atoms with Crippen molar-refractivity contribution < 1.29 is 4.74 Å². The van der Waals surface area contributed by atoms with E-state index in [1.54, 1.807) is 18.2 Å². The molecule has 0 bridgehead atoms. The van der Waals surface area contributed by atoms with E-state index in [4.69, 9.17) is 27.3 Å². The van der Waals surface area contributed by atoms with Crippen LogP contribution in [0.5, 0.6) is 5.75 Å². The first kappa shape index (κ1) is 15.5. The smallest absolute Gasteiger partial charge is 0.121 e. The van der Waals surface area contributed by atoms with Gasteiger partial charge in [-0.3, -0.25) is 0 Å². The van der Waals surface area contributed by atoms with E-state index < -0.39 is 0 Å². The second kappa shape index (κ2) is 6.80. The number of halogens is 1. The van der Waals surface area contributed by atoms with Gasteiger partial charge in [0.2, 0.25) is 0 Å². The predicted molar refractivity (Wildman–Crippen MR) is 92.9 cm³/mol. The van der Waals surface area contributed by atoms with E-state index in [1.807, 2.05) is 24.3 Å². The summed E-state index contributed by atoms with van der Waals surface area (Å²) < 4.78 is 6.00. The zero-order valence-electron chi connectivity index (χ0n) is 12.7. The number of nitrogen functional groups attached to an aromatic ring is 1. The van der Waals surface area contributed by atoms with Crippen LogP contribution in [0.1, 0.15) is 18.4 Å². The molecule has 2 aromatic rings. The summed E-state index contributed by atoms with van der Waals surface area (Å²) in [5, 5.41) is 9.63. The van der Waals surface area contributed by atoms with E-state index in [1.165, 1.54) is 0 Å². The van der Waals surface area contributed by atoms with Gasteiger partial charge >= 0.3 is 0 Å². The Labute approximate surface area is 141 Å². The van der Waals surface area contributed by atoms with E-state index in [-0.39, 0.29) is 6.10 Å². The van der Waals surface area contributed by atoms with E-state index in [2.05, 4.69) is 11.0 Å². The number of nitrogens with two attached hydrogens (primary N) is 1. The predicted octanol–water partition coefficient (Wildman–Crippen LogP) is 3.84. The third kappa shape index (κ3) is 3.69. The molecule has 0 unspecified atom stereocenters. The summed E-state index contributed by atoms with van der Waals surface area (Å²) >= 11 is 6.28. The van der Waals surface area contributed by atoms with Crippen LogP contribution in [-0.4, -0.2) is 19.2 Å². The van der Waals surface area contributed by atoms with Crippen LogP contribution < -0.4 is 15.4 Å². The third-order valence-electron chi connectivity index (χ3n) is 4.02. The number of nitriles is 1. The third-order valence-corrected chi connectivity index (χ3v) is 4.32. The highest BCUT2D eigenvalue weighted by Crippen LogP contribution is 2.30. The van der Waals surface area contributed by atoms with Gasteiger partial charge in [0, 0.05) is 31.6 Å². The Morgan fingerprint density at radius 2 is 1.96 bits per heavy atom. The lowest BCUT2D eigenvalue weighted by atomic mass is 10.1. The van der Waals surface area contributed by atoms with Crippen molar-refractivity contribution >= 4 is 23.0 Å². The Balaban J connectivity index is 1.61. The maximum absolute atomic E-state index is 8.94. The van der Waals surface area contributed by atoms with Crippen molar-refractivity contribution in [2.45, 2.75) is 18.9 Å². The second-order valence-corrected chi connectivity index (χ2v) is 6.06. The summed E-state index contributed by atoms with van der Waals surface area (Å²) in [6, 6.07) is 15.0. The monoisotopic (exact) mass is 327 g/mol. The molecule has 23 heavy (non-hydrogen) atoms. The molecule has 118 valence electrons. The number of ether oxygens (including phenoxy) is 1. The molecule has 2 aromatic carbocycles. The lowest BCUT2D eigenvalue weighted by Gasteiger charge is -2.34. The molecular formula is C18H18ClN3O. The van der Waals surface area contributed by atoms with Crippen molar-refractivity contribution in [2.75, 3.05) is 23.7 Å². The molecule has 1 fully saturated rings. The molecule has 1 saturated heterocycles. The average Bonchev–Trinajstić information content (AvgIpc) is 2.56. The summed E-state index contributed by atoms with van der Waals surface area (Å²) in [7, 11) is 0. The van der Waals surface area contributed by atoms with Gasteiger partial charge in [0.05, 0.1) is 22.3 Å². The molecule has 1 heterocycles. The Morgan fingerprint density at radius 3 is 2.65 bits per heavy atom. The minimum atomic E-state index is 0.160. The number of hydrogen-bond acceptors (Lipinski definition) is 4. The average molecular weight is 328 g/mol. The first-order valence-corrected chi connectivity index (χ1v) is 8.00. The lowest BCUT2D eigenvalue weighted by Crippen LogP contribution is -2.38. The molecule has 2 N–H and O–H groups in total. The van der Waals surface area contributed by atoms with Crippen LogP contribution in [0.4, 0.5) is 11.4 Å². The number of nitrogens with zero attached hydrogens (tertiary/aromatic N) is 2. The highest BCUT2D eigenvalue weighted by molar-refractivity contribution is 6.33. The topological polar surface area (TPSA) is 62.3 Å². The molecule has 0 spiro atoms. The van der Waals surface area contributed by atoms with Gasteiger partial charge in [0.25, 0.3) is 0 Å². The fourth-order valence-electron chi connectivity index (χ4n) is 2.83. The summed E-state index contributed by atoms with van der Waals surface area (Å²) in [6.07, 6.45) is 1.99. The van der Waals surface area contributed by atoms with Gasteiger partial charge < -0.3 is 15.4 Å². The lowest BCUT2D eigenvalue weighted by molar-refractivity contribution is 0.171. The van der Waals surface area contributed by atoms with Crippen LogP contribution in [0.15, 0.2) is 42.5 Å². The zero-order valence-corrected chi connectivity index (χ0v) is 13.5. The molecule has 0 aromatic heterocycles. The molecule has 0 radical (unpaired) electrons. The Hall–Kier alpha value is -2.38. The van der Waals surface area contributed by atoms with Crippen molar-refractivity contribution in [3.63, 3.8) is 0 Å². The van der Waals surface area contributed by atoms with Gasteiger partial charge in [-0.25, -0.2) is 0 Å². The quantitative estimate of drug-likeness (QED) is 0.870. The Kier molecular flexibility index (Phi) is 4.59. The molecule has 0 amide bonds. The fourth-order valence-corrected chi connectivity index (χ4v) is 3.13. The van der Waals surface area contributed by atoms with Crippen molar-refractivity contribution in [1.82, 2.24) is 0 Å². The molecule has 1 aliphatic rings. The SMILES string of the molecule is N#Cc1cccc(OC2CCN(c3ccc(N)cc3Cl)CC2)c1. The van der Waals surface area contributed by atoms with E-state index in [9.17, 15) is 0 Å². The van der Waals surface area contributed by atoms with Crippen molar-refractivity contribution in [3.8, 4) is 11.8 Å². The zero-order chi connectivity index (χ0) is 16.2. The minimum absolute atomic E-state index is 0.160. The molecule has 3 rings (SSSR count). The van der Waals surface area contributed by atoms with Crippen molar-refractivity contribution in [2.24, 2.45) is 0 Å². The molecule has 4 nitrogen and oxygen atoms in total. The second-order valence-electron chi connectivity index (χ2n) is 5.65. The van der Waals surface area contributed by atoms with Crippen LogP contribution in [0.2, 0.25) is 5.02 Å². The number of hydrogen-bond donors (Lipinski definition) is 1. The van der Waals surface area contributed by atoms with E-state index >= 15 is 0 Å². The molecule has 0 aliphatic carbocycles. The van der Waals surface area contributed by atoms with Crippen LogP contribution in [0, 0.1) is 11.3 Å². The minimum Gasteiger partial charge on any atom is -0.490 e.